The second-order valence-corrected chi connectivity index (χ2v) is 7.24. The van der Waals surface area contributed by atoms with Gasteiger partial charge in [0.2, 0.25) is 6.29 Å². The topological polar surface area (TPSA) is 67.8 Å². The third-order valence-electron chi connectivity index (χ3n) is 5.44. The number of likely N-dealkylation sites (N-methyl/N-ethyl adjacent to an activating group) is 1. The molecule has 2 atom stereocenters. The summed E-state index contributed by atoms with van der Waals surface area (Å²) in [6.07, 6.45) is 8.69. The molecule has 2 N–H and O–H groups in total. The second-order valence-electron chi connectivity index (χ2n) is 7.24. The van der Waals surface area contributed by atoms with Gasteiger partial charge >= 0.3 is 0 Å². The number of carbonyl (C=O) groups excluding carboxylic acids is 1. The highest BCUT2D eigenvalue weighted by Gasteiger charge is 2.32. The number of benzene rings is 1. The Balaban J connectivity index is 1.64. The van der Waals surface area contributed by atoms with Crippen LogP contribution in [-0.2, 0) is 27.5 Å². The molecule has 0 spiro atoms. The molecule has 0 bridgehead atoms. The third kappa shape index (κ3) is 4.86. The molecule has 0 saturated heterocycles. The predicted molar refractivity (Wildman–Crippen MR) is 98.9 cm³/mol. The lowest BCUT2D eigenvalue weighted by molar-refractivity contribution is -0.155. The van der Waals surface area contributed by atoms with Crippen molar-refractivity contribution in [2.45, 2.75) is 58.0 Å². The molecule has 2 aliphatic rings. The minimum absolute atomic E-state index is 0.0379. The van der Waals surface area contributed by atoms with Crippen molar-refractivity contribution in [2.75, 3.05) is 7.05 Å². The fourth-order valence-corrected chi connectivity index (χ4v) is 3.89. The number of carbonyl (C=O) groups is 1. The molecular formula is C21H29NO4. The summed E-state index contributed by atoms with van der Waals surface area (Å²) >= 11 is 0. The summed E-state index contributed by atoms with van der Waals surface area (Å²) in [5, 5.41) is 11.8. The van der Waals surface area contributed by atoms with Crippen molar-refractivity contribution in [3.63, 3.8) is 0 Å². The lowest BCUT2D eigenvalue weighted by Gasteiger charge is -2.35. The van der Waals surface area contributed by atoms with Crippen LogP contribution in [0.3, 0.4) is 0 Å². The van der Waals surface area contributed by atoms with Crippen molar-refractivity contribution < 1.29 is 19.4 Å². The molecule has 1 amide bonds. The van der Waals surface area contributed by atoms with Crippen LogP contribution in [0.15, 0.2) is 36.1 Å². The van der Waals surface area contributed by atoms with Crippen molar-refractivity contribution in [1.29, 1.82) is 0 Å². The van der Waals surface area contributed by atoms with Crippen LogP contribution < -0.4 is 5.32 Å². The average molecular weight is 359 g/mol. The zero-order valence-electron chi connectivity index (χ0n) is 15.4. The van der Waals surface area contributed by atoms with Gasteiger partial charge in [0.15, 0.2) is 5.76 Å². The van der Waals surface area contributed by atoms with Crippen molar-refractivity contribution in [3.05, 3.63) is 47.2 Å². The van der Waals surface area contributed by atoms with Crippen molar-refractivity contribution in [1.82, 2.24) is 5.32 Å². The van der Waals surface area contributed by atoms with E-state index in [-0.39, 0.29) is 12.5 Å². The summed E-state index contributed by atoms with van der Waals surface area (Å²) in [6.45, 7) is 0.463. The quantitative estimate of drug-likeness (QED) is 0.818. The molecule has 0 aromatic heterocycles. The third-order valence-corrected chi connectivity index (χ3v) is 5.44. The van der Waals surface area contributed by atoms with Gasteiger partial charge in [0.25, 0.3) is 5.91 Å². The van der Waals surface area contributed by atoms with E-state index >= 15 is 0 Å². The number of hydrogen-bond acceptors (Lipinski definition) is 4. The number of allylic oxidation sites excluding steroid dienone is 1. The van der Waals surface area contributed by atoms with Crippen molar-refractivity contribution >= 4 is 5.91 Å². The van der Waals surface area contributed by atoms with Gasteiger partial charge in [-0.3, -0.25) is 4.79 Å². The maximum absolute atomic E-state index is 12.1. The van der Waals surface area contributed by atoms with E-state index in [1.54, 1.807) is 7.05 Å². The zero-order valence-corrected chi connectivity index (χ0v) is 15.4. The van der Waals surface area contributed by atoms with Gasteiger partial charge in [-0.1, -0.05) is 43.5 Å². The molecule has 1 aliphatic heterocycles. The lowest BCUT2D eigenvalue weighted by Crippen LogP contribution is -2.34. The Morgan fingerprint density at radius 3 is 2.54 bits per heavy atom. The normalized spacial score (nSPS) is 23.8. The van der Waals surface area contributed by atoms with E-state index < -0.39 is 6.29 Å². The number of aliphatic hydroxyl groups excluding tert-OH is 1. The van der Waals surface area contributed by atoms with Gasteiger partial charge in [-0.05, 0) is 41.9 Å². The average Bonchev–Trinajstić information content (AvgIpc) is 2.72. The van der Waals surface area contributed by atoms with Crippen LogP contribution in [0.25, 0.3) is 0 Å². The van der Waals surface area contributed by atoms with E-state index in [0.717, 1.165) is 17.5 Å². The lowest BCUT2D eigenvalue weighted by atomic mass is 9.77. The van der Waals surface area contributed by atoms with Gasteiger partial charge in [-0.15, -0.1) is 0 Å². The predicted octanol–water partition coefficient (Wildman–Crippen LogP) is 3.27. The van der Waals surface area contributed by atoms with Crippen LogP contribution in [0.2, 0.25) is 0 Å². The van der Waals surface area contributed by atoms with E-state index in [1.807, 2.05) is 30.3 Å². The minimum Gasteiger partial charge on any atom is -0.459 e. The summed E-state index contributed by atoms with van der Waals surface area (Å²) in [6, 6.07) is 7.67. The molecule has 5 heteroatoms. The number of rotatable bonds is 6. The Morgan fingerprint density at radius 2 is 1.88 bits per heavy atom. The van der Waals surface area contributed by atoms with Crippen LogP contribution in [0.1, 0.15) is 49.7 Å². The maximum Gasteiger partial charge on any atom is 0.285 e. The molecule has 1 saturated carbocycles. The van der Waals surface area contributed by atoms with Crippen LogP contribution >= 0.6 is 0 Å². The monoisotopic (exact) mass is 359 g/mol. The van der Waals surface area contributed by atoms with Crippen LogP contribution in [0.5, 0.6) is 0 Å². The van der Waals surface area contributed by atoms with Gasteiger partial charge < -0.3 is 19.9 Å². The number of hydrogen-bond donors (Lipinski definition) is 2. The highest BCUT2D eigenvalue weighted by molar-refractivity contribution is 5.91. The molecule has 142 valence electrons. The Morgan fingerprint density at radius 1 is 1.19 bits per heavy atom. The molecule has 5 nitrogen and oxygen atoms in total. The first kappa shape index (κ1) is 18.9. The highest BCUT2D eigenvalue weighted by Crippen LogP contribution is 2.37. The molecule has 26 heavy (non-hydrogen) atoms. The Labute approximate surface area is 155 Å². The molecule has 1 aromatic rings. The standard InChI is InChI=1S/C21H29NO4/c1-22-21(24)19-11-18(17-5-3-2-4-6-17)12-20(26-19)25-14-16-9-7-15(13-23)8-10-16/h7-11,17-18,20,23H,2-6,12-14H2,1H3,(H,22,24)/t18-,20+/m0/s1. The number of aliphatic hydroxyl groups is 1. The van der Waals surface area contributed by atoms with Gasteiger partial charge in [0, 0.05) is 13.5 Å². The fourth-order valence-electron chi connectivity index (χ4n) is 3.89. The van der Waals surface area contributed by atoms with Gasteiger partial charge in [0.05, 0.1) is 13.2 Å². The smallest absolute Gasteiger partial charge is 0.285 e. The first-order chi connectivity index (χ1) is 12.7. The molecule has 1 aliphatic carbocycles. The Kier molecular flexibility index (Phi) is 6.69. The van der Waals surface area contributed by atoms with Crippen LogP contribution in [-0.4, -0.2) is 24.4 Å². The van der Waals surface area contributed by atoms with Gasteiger partial charge in [-0.2, -0.15) is 0 Å². The molecule has 0 unspecified atom stereocenters. The molecular weight excluding hydrogens is 330 g/mol. The first-order valence-electron chi connectivity index (χ1n) is 9.60. The molecule has 1 aromatic carbocycles. The van der Waals surface area contributed by atoms with Gasteiger partial charge in [0.1, 0.15) is 0 Å². The second kappa shape index (κ2) is 9.19. The summed E-state index contributed by atoms with van der Waals surface area (Å²) in [5.74, 6) is 1.14. The summed E-state index contributed by atoms with van der Waals surface area (Å²) in [5.41, 5.74) is 1.90. The highest BCUT2D eigenvalue weighted by atomic mass is 16.7. The van der Waals surface area contributed by atoms with E-state index in [4.69, 9.17) is 14.6 Å². The Hall–Kier alpha value is -1.85. The van der Waals surface area contributed by atoms with Crippen LogP contribution in [0, 0.1) is 11.8 Å². The largest absolute Gasteiger partial charge is 0.459 e. The molecule has 0 radical (unpaired) electrons. The summed E-state index contributed by atoms with van der Waals surface area (Å²) in [7, 11) is 1.62. The molecule has 1 heterocycles. The number of nitrogens with one attached hydrogen (secondary N) is 1. The summed E-state index contributed by atoms with van der Waals surface area (Å²) < 4.78 is 11.8. The number of amides is 1. The SMILES string of the molecule is CNC(=O)C1=C[C@H](C2CCCCC2)C[C@H](OCc2ccc(CO)cc2)O1. The molecule has 1 fully saturated rings. The first-order valence-corrected chi connectivity index (χ1v) is 9.60. The zero-order chi connectivity index (χ0) is 18.4. The van der Waals surface area contributed by atoms with E-state index in [1.165, 1.54) is 32.1 Å². The maximum atomic E-state index is 12.1. The Bertz CT molecular complexity index is 619. The number of ether oxygens (including phenoxy) is 2. The minimum atomic E-state index is -0.406. The van der Waals surface area contributed by atoms with Crippen molar-refractivity contribution in [3.8, 4) is 0 Å². The van der Waals surface area contributed by atoms with E-state index in [9.17, 15) is 4.79 Å². The van der Waals surface area contributed by atoms with Gasteiger partial charge in [-0.25, -0.2) is 0 Å². The van der Waals surface area contributed by atoms with E-state index in [0.29, 0.717) is 24.2 Å². The van der Waals surface area contributed by atoms with Crippen molar-refractivity contribution in [2.24, 2.45) is 11.8 Å². The summed E-state index contributed by atoms with van der Waals surface area (Å²) in [4.78, 5) is 12.1. The van der Waals surface area contributed by atoms with Crippen LogP contribution in [0.4, 0.5) is 0 Å². The van der Waals surface area contributed by atoms with E-state index in [2.05, 4.69) is 5.32 Å². The fraction of sp³-hybridized carbons (Fsp3) is 0.571. The molecule has 3 rings (SSSR count).